The van der Waals surface area contributed by atoms with Gasteiger partial charge in [-0.05, 0) is 51.3 Å². The van der Waals surface area contributed by atoms with Crippen molar-refractivity contribution in [1.29, 1.82) is 5.41 Å². The highest BCUT2D eigenvalue weighted by atomic mass is 35.5. The van der Waals surface area contributed by atoms with Crippen LogP contribution in [0.25, 0.3) is 11.3 Å². The summed E-state index contributed by atoms with van der Waals surface area (Å²) >= 11 is 6.48. The molecule has 0 unspecified atom stereocenters. The molecule has 2 fully saturated rings. The first kappa shape index (κ1) is 25.8. The van der Waals surface area contributed by atoms with Crippen LogP contribution in [0.5, 0.6) is 0 Å². The van der Waals surface area contributed by atoms with Crippen LogP contribution in [0, 0.1) is 5.41 Å². The Morgan fingerprint density at radius 2 is 2.03 bits per heavy atom. The predicted molar refractivity (Wildman–Crippen MR) is 135 cm³/mol. The molecule has 1 aromatic carbocycles. The summed E-state index contributed by atoms with van der Waals surface area (Å²) in [5.74, 6) is -2.97. The number of carbonyl (C=O) groups is 1. The molecule has 1 atom stereocenters. The summed E-state index contributed by atoms with van der Waals surface area (Å²) < 4.78 is 29.5. The Morgan fingerprint density at radius 3 is 2.71 bits per heavy atom. The minimum absolute atomic E-state index is 0.0688. The number of hydrogen-bond donors (Lipinski definition) is 2. The van der Waals surface area contributed by atoms with Gasteiger partial charge in [0.25, 0.3) is 11.8 Å². The van der Waals surface area contributed by atoms with Gasteiger partial charge in [0.1, 0.15) is 0 Å². The molecule has 2 aromatic rings. The molecule has 6 nitrogen and oxygen atoms in total. The van der Waals surface area contributed by atoms with Gasteiger partial charge >= 0.3 is 0 Å². The maximum absolute atomic E-state index is 13.8. The predicted octanol–water partition coefficient (Wildman–Crippen LogP) is 5.97. The number of likely N-dealkylation sites (tertiary alicyclic amines) is 1. The Balaban J connectivity index is 1.51. The highest BCUT2D eigenvalue weighted by Crippen LogP contribution is 2.36. The van der Waals surface area contributed by atoms with Gasteiger partial charge in [0.15, 0.2) is 5.69 Å². The van der Waals surface area contributed by atoms with Crippen molar-refractivity contribution in [3.63, 3.8) is 0 Å². The Morgan fingerprint density at radius 1 is 1.29 bits per heavy atom. The first-order chi connectivity index (χ1) is 16.7. The van der Waals surface area contributed by atoms with Gasteiger partial charge in [-0.15, -0.1) is 0 Å². The lowest BCUT2D eigenvalue weighted by Crippen LogP contribution is -2.45. The van der Waals surface area contributed by atoms with Gasteiger partial charge in [-0.25, -0.2) is 8.78 Å². The molecule has 35 heavy (non-hydrogen) atoms. The third kappa shape index (κ3) is 6.67. The van der Waals surface area contributed by atoms with Crippen LogP contribution in [-0.2, 0) is 0 Å². The molecule has 4 rings (SSSR count). The number of hydrogen-bond acceptors (Lipinski definition) is 4. The van der Waals surface area contributed by atoms with E-state index < -0.39 is 5.92 Å². The average Bonchev–Trinajstić information content (AvgIpc) is 3.47. The summed E-state index contributed by atoms with van der Waals surface area (Å²) in [7, 11) is 0. The molecule has 2 N–H and O–H groups in total. The summed E-state index contributed by atoms with van der Waals surface area (Å²) in [6, 6.07) is 9.24. The number of carbonyl (C=O) groups excluding carboxylic acids is 1. The first-order valence-electron chi connectivity index (χ1n) is 12.5. The van der Waals surface area contributed by atoms with E-state index in [9.17, 15) is 13.6 Å². The number of alkyl halides is 2. The molecule has 1 saturated heterocycles. The molecule has 190 valence electrons. The Labute approximate surface area is 210 Å². The standard InChI is InChI=1S/C26H34ClF2N5O/c1-18(30)15-19(11-14-33-13-6-12-26(28,29)17-33)31-25(35)23-16-24(21-9-4-5-10-22(21)27)34(32-23)20-7-2-3-8-20/h4-5,9-10,16,19-20,30H,2-3,6-8,11-15,17H2,1H3,(H,31,35)/t19-/m0/s1. The number of amides is 1. The summed E-state index contributed by atoms with van der Waals surface area (Å²) in [6.07, 6.45) is 5.55. The zero-order valence-electron chi connectivity index (χ0n) is 20.2. The molecule has 0 radical (unpaired) electrons. The largest absolute Gasteiger partial charge is 0.347 e. The molecule has 2 heterocycles. The van der Waals surface area contributed by atoms with Crippen LogP contribution in [0.15, 0.2) is 30.3 Å². The number of halogens is 3. The van der Waals surface area contributed by atoms with E-state index in [0.29, 0.717) is 48.8 Å². The second-order valence-corrected chi connectivity index (χ2v) is 10.4. The quantitative estimate of drug-likeness (QED) is 0.412. The highest BCUT2D eigenvalue weighted by molar-refractivity contribution is 6.33. The number of nitrogens with zero attached hydrogens (tertiary/aromatic N) is 3. The minimum atomic E-state index is -2.66. The Kier molecular flexibility index (Phi) is 8.22. The van der Waals surface area contributed by atoms with Crippen molar-refractivity contribution in [2.24, 2.45) is 0 Å². The van der Waals surface area contributed by atoms with Gasteiger partial charge in [-0.1, -0.05) is 42.6 Å². The third-order valence-electron chi connectivity index (χ3n) is 6.94. The molecule has 0 spiro atoms. The maximum Gasteiger partial charge on any atom is 0.272 e. The zero-order chi connectivity index (χ0) is 25.0. The number of piperidine rings is 1. The molecule has 1 amide bonds. The van der Waals surface area contributed by atoms with E-state index in [1.54, 1.807) is 17.9 Å². The topological polar surface area (TPSA) is 74.0 Å². The van der Waals surface area contributed by atoms with E-state index >= 15 is 0 Å². The van der Waals surface area contributed by atoms with Crippen molar-refractivity contribution >= 4 is 23.2 Å². The number of rotatable bonds is 9. The van der Waals surface area contributed by atoms with Crippen molar-refractivity contribution < 1.29 is 13.6 Å². The summed E-state index contributed by atoms with van der Waals surface area (Å²) in [5, 5.41) is 16.2. The van der Waals surface area contributed by atoms with Crippen molar-refractivity contribution in [2.45, 2.75) is 76.3 Å². The normalized spacial score (nSPS) is 19.5. The molecule has 1 aromatic heterocycles. The molecule has 1 aliphatic heterocycles. The number of nitrogens with one attached hydrogen (secondary N) is 2. The van der Waals surface area contributed by atoms with E-state index in [2.05, 4.69) is 5.32 Å². The van der Waals surface area contributed by atoms with Gasteiger partial charge in [-0.2, -0.15) is 5.10 Å². The monoisotopic (exact) mass is 505 g/mol. The lowest BCUT2D eigenvalue weighted by Gasteiger charge is -2.33. The van der Waals surface area contributed by atoms with E-state index in [1.807, 2.05) is 28.9 Å². The minimum Gasteiger partial charge on any atom is -0.347 e. The molecule has 2 aliphatic rings. The van der Waals surface area contributed by atoms with Crippen LogP contribution >= 0.6 is 11.6 Å². The summed E-state index contributed by atoms with van der Waals surface area (Å²) in [4.78, 5) is 15.0. The van der Waals surface area contributed by atoms with Crippen LogP contribution in [0.2, 0.25) is 5.02 Å². The van der Waals surface area contributed by atoms with Crippen LogP contribution in [0.4, 0.5) is 8.78 Å². The van der Waals surface area contributed by atoms with Crippen molar-refractivity contribution in [2.75, 3.05) is 19.6 Å². The second kappa shape index (κ2) is 11.2. The van der Waals surface area contributed by atoms with E-state index in [1.165, 1.54) is 0 Å². The van der Waals surface area contributed by atoms with Gasteiger partial charge in [0, 0.05) is 41.7 Å². The van der Waals surface area contributed by atoms with Gasteiger partial charge in [-0.3, -0.25) is 14.4 Å². The van der Waals surface area contributed by atoms with Crippen LogP contribution < -0.4 is 5.32 Å². The molecule has 1 saturated carbocycles. The first-order valence-corrected chi connectivity index (χ1v) is 12.9. The van der Waals surface area contributed by atoms with E-state index in [0.717, 1.165) is 36.9 Å². The van der Waals surface area contributed by atoms with E-state index in [4.69, 9.17) is 22.1 Å². The van der Waals surface area contributed by atoms with E-state index in [-0.39, 0.29) is 31.0 Å². The second-order valence-electron chi connectivity index (χ2n) is 9.96. The van der Waals surface area contributed by atoms with Crippen LogP contribution in [-0.4, -0.2) is 57.9 Å². The van der Waals surface area contributed by atoms with Gasteiger partial charge < -0.3 is 10.7 Å². The third-order valence-corrected chi connectivity index (χ3v) is 7.27. The SMILES string of the molecule is CC(=N)C[C@H](CCN1CCCC(F)(F)C1)NC(=O)c1cc(-c2ccccc2Cl)n(C2CCCC2)n1. The summed E-state index contributed by atoms with van der Waals surface area (Å²) in [6.45, 7) is 2.53. The van der Waals surface area contributed by atoms with Crippen LogP contribution in [0.3, 0.4) is 0 Å². The average molecular weight is 506 g/mol. The molecule has 0 bridgehead atoms. The fourth-order valence-electron chi connectivity index (χ4n) is 5.23. The lowest BCUT2D eigenvalue weighted by molar-refractivity contribution is -0.0644. The summed E-state index contributed by atoms with van der Waals surface area (Å²) in [5.41, 5.74) is 2.41. The Hall–Kier alpha value is -2.32. The molecule has 9 heteroatoms. The van der Waals surface area contributed by atoms with Gasteiger partial charge in [0.05, 0.1) is 18.3 Å². The van der Waals surface area contributed by atoms with Crippen LogP contribution in [0.1, 0.15) is 74.8 Å². The molecular weight excluding hydrogens is 472 g/mol. The van der Waals surface area contributed by atoms with Gasteiger partial charge in [0.2, 0.25) is 0 Å². The zero-order valence-corrected chi connectivity index (χ0v) is 21.0. The highest BCUT2D eigenvalue weighted by Gasteiger charge is 2.35. The van der Waals surface area contributed by atoms with Crippen molar-refractivity contribution in [1.82, 2.24) is 20.0 Å². The smallest absolute Gasteiger partial charge is 0.272 e. The van der Waals surface area contributed by atoms with Crippen molar-refractivity contribution in [3.05, 3.63) is 41.0 Å². The number of aromatic nitrogens is 2. The number of benzene rings is 1. The van der Waals surface area contributed by atoms with Crippen molar-refractivity contribution in [3.8, 4) is 11.3 Å². The molecular formula is C26H34ClF2N5O. The maximum atomic E-state index is 13.8. The Bertz CT molecular complexity index is 1050. The lowest BCUT2D eigenvalue weighted by atomic mass is 10.0. The fraction of sp³-hybridized carbons (Fsp3) is 0.577. The molecule has 1 aliphatic carbocycles. The fourth-order valence-corrected chi connectivity index (χ4v) is 5.47.